The van der Waals surface area contributed by atoms with E-state index in [9.17, 15) is 4.79 Å². The van der Waals surface area contributed by atoms with Crippen LogP contribution in [-0.2, 0) is 4.79 Å². The Hall–Kier alpha value is -2.01. The van der Waals surface area contributed by atoms with Gasteiger partial charge in [0.25, 0.3) is 0 Å². The summed E-state index contributed by atoms with van der Waals surface area (Å²) in [7, 11) is 0. The molecule has 1 unspecified atom stereocenters. The molecule has 3 rings (SSSR count). The van der Waals surface area contributed by atoms with E-state index in [0.29, 0.717) is 19.0 Å². The summed E-state index contributed by atoms with van der Waals surface area (Å²) < 4.78 is 11.1. The third kappa shape index (κ3) is 2.63. The Bertz CT molecular complexity index is 606. The van der Waals surface area contributed by atoms with Gasteiger partial charge in [-0.05, 0) is 29.1 Å². The van der Waals surface area contributed by atoms with Crippen molar-refractivity contribution in [2.24, 2.45) is 0 Å². The molecule has 1 atom stereocenters. The van der Waals surface area contributed by atoms with Gasteiger partial charge in [0.1, 0.15) is 13.2 Å². The standard InChI is InChI=1S/C15H14O4S/c16-15(17)9-11(14-2-1-7-20-14)10-3-4-12-13(8-10)19-6-5-18-12/h1-4,7-8,11H,5-6,9H2,(H,16,17). The molecule has 0 saturated heterocycles. The second-order valence-corrected chi connectivity index (χ2v) is 5.55. The number of hydrogen-bond donors (Lipinski definition) is 1. The van der Waals surface area contributed by atoms with Gasteiger partial charge in [-0.15, -0.1) is 11.3 Å². The maximum atomic E-state index is 11.1. The molecule has 0 aliphatic carbocycles. The van der Waals surface area contributed by atoms with Gasteiger partial charge in [0.2, 0.25) is 0 Å². The summed E-state index contributed by atoms with van der Waals surface area (Å²) >= 11 is 1.57. The Labute approximate surface area is 120 Å². The van der Waals surface area contributed by atoms with Crippen molar-refractivity contribution in [1.29, 1.82) is 0 Å². The molecule has 5 heteroatoms. The minimum atomic E-state index is -0.807. The lowest BCUT2D eigenvalue weighted by Crippen LogP contribution is -2.16. The maximum absolute atomic E-state index is 11.1. The number of carboxylic acids is 1. The van der Waals surface area contributed by atoms with Gasteiger partial charge in [0.15, 0.2) is 11.5 Å². The van der Waals surface area contributed by atoms with E-state index in [1.165, 1.54) is 0 Å². The molecule has 0 saturated carbocycles. The second kappa shape index (κ2) is 5.54. The summed E-state index contributed by atoms with van der Waals surface area (Å²) in [6, 6.07) is 9.57. The van der Waals surface area contributed by atoms with Crippen LogP contribution in [0.4, 0.5) is 0 Å². The summed E-state index contributed by atoms with van der Waals surface area (Å²) in [4.78, 5) is 12.2. The Kier molecular flexibility index (Phi) is 3.60. The molecule has 2 aromatic rings. The van der Waals surface area contributed by atoms with Crippen molar-refractivity contribution >= 4 is 17.3 Å². The summed E-state index contributed by atoms with van der Waals surface area (Å²) in [5, 5.41) is 11.1. The first-order valence-corrected chi connectivity index (χ1v) is 7.27. The molecule has 0 fully saturated rings. The third-order valence-electron chi connectivity index (χ3n) is 3.23. The number of thiophene rings is 1. The Morgan fingerprint density at radius 2 is 2.05 bits per heavy atom. The van der Waals surface area contributed by atoms with Crippen molar-refractivity contribution < 1.29 is 19.4 Å². The van der Waals surface area contributed by atoms with Crippen molar-refractivity contribution in [3.05, 3.63) is 46.2 Å². The fourth-order valence-electron chi connectivity index (χ4n) is 2.32. The lowest BCUT2D eigenvalue weighted by molar-refractivity contribution is -0.137. The smallest absolute Gasteiger partial charge is 0.304 e. The van der Waals surface area contributed by atoms with Gasteiger partial charge >= 0.3 is 5.97 Å². The number of carbonyl (C=O) groups is 1. The number of carboxylic acid groups (broad SMARTS) is 1. The zero-order valence-electron chi connectivity index (χ0n) is 10.7. The van der Waals surface area contributed by atoms with Crippen molar-refractivity contribution in [2.75, 3.05) is 13.2 Å². The Balaban J connectivity index is 1.96. The molecule has 1 aromatic heterocycles. The van der Waals surface area contributed by atoms with Gasteiger partial charge in [-0.3, -0.25) is 4.79 Å². The highest BCUT2D eigenvalue weighted by Crippen LogP contribution is 2.37. The largest absolute Gasteiger partial charge is 0.486 e. The highest BCUT2D eigenvalue weighted by atomic mass is 32.1. The van der Waals surface area contributed by atoms with Gasteiger partial charge in [-0.2, -0.15) is 0 Å². The first kappa shape index (κ1) is 13.0. The first-order valence-electron chi connectivity index (χ1n) is 6.39. The van der Waals surface area contributed by atoms with E-state index in [4.69, 9.17) is 14.6 Å². The molecule has 0 amide bonds. The zero-order chi connectivity index (χ0) is 13.9. The normalized spacial score (nSPS) is 14.8. The molecule has 0 radical (unpaired) electrons. The average Bonchev–Trinajstić information content (AvgIpc) is 2.98. The summed E-state index contributed by atoms with van der Waals surface area (Å²) in [5.41, 5.74) is 0.944. The first-order chi connectivity index (χ1) is 9.74. The topological polar surface area (TPSA) is 55.8 Å². The minimum absolute atomic E-state index is 0.0696. The molecule has 0 bridgehead atoms. The van der Waals surface area contributed by atoms with Gasteiger partial charge in [-0.1, -0.05) is 12.1 Å². The van der Waals surface area contributed by atoms with E-state index in [-0.39, 0.29) is 12.3 Å². The van der Waals surface area contributed by atoms with Gasteiger partial charge in [0, 0.05) is 10.8 Å². The lowest BCUT2D eigenvalue weighted by atomic mass is 9.93. The third-order valence-corrected chi connectivity index (χ3v) is 4.22. The average molecular weight is 290 g/mol. The predicted molar refractivity (Wildman–Crippen MR) is 75.8 cm³/mol. The van der Waals surface area contributed by atoms with Crippen LogP contribution in [0.5, 0.6) is 11.5 Å². The molecule has 4 nitrogen and oxygen atoms in total. The van der Waals surface area contributed by atoms with E-state index in [1.807, 2.05) is 35.7 Å². The number of hydrogen-bond acceptors (Lipinski definition) is 4. The molecule has 104 valence electrons. The summed E-state index contributed by atoms with van der Waals surface area (Å²) in [5.74, 6) is 0.461. The van der Waals surface area contributed by atoms with Gasteiger partial charge in [-0.25, -0.2) is 0 Å². The Morgan fingerprint density at radius 1 is 1.25 bits per heavy atom. The number of aliphatic carboxylic acids is 1. The van der Waals surface area contributed by atoms with E-state index >= 15 is 0 Å². The molecule has 1 aliphatic heterocycles. The van der Waals surface area contributed by atoms with E-state index in [2.05, 4.69) is 0 Å². The fourth-order valence-corrected chi connectivity index (χ4v) is 3.18. The summed E-state index contributed by atoms with van der Waals surface area (Å²) in [6.07, 6.45) is 0.0696. The number of ether oxygens (including phenoxy) is 2. The van der Waals surface area contributed by atoms with Crippen LogP contribution in [0, 0.1) is 0 Å². The van der Waals surface area contributed by atoms with Crippen molar-refractivity contribution in [3.63, 3.8) is 0 Å². The van der Waals surface area contributed by atoms with Crippen LogP contribution in [0.2, 0.25) is 0 Å². The van der Waals surface area contributed by atoms with Crippen LogP contribution in [0.3, 0.4) is 0 Å². The predicted octanol–water partition coefficient (Wildman–Crippen LogP) is 3.13. The van der Waals surface area contributed by atoms with E-state index in [1.54, 1.807) is 11.3 Å². The van der Waals surface area contributed by atoms with Crippen LogP contribution in [0.1, 0.15) is 22.8 Å². The van der Waals surface area contributed by atoms with Crippen LogP contribution in [-0.4, -0.2) is 24.3 Å². The molecule has 1 N–H and O–H groups in total. The van der Waals surface area contributed by atoms with Crippen LogP contribution >= 0.6 is 11.3 Å². The molecule has 1 aliphatic rings. The van der Waals surface area contributed by atoms with Gasteiger partial charge in [0.05, 0.1) is 6.42 Å². The number of rotatable bonds is 4. The van der Waals surface area contributed by atoms with Crippen LogP contribution in [0.15, 0.2) is 35.7 Å². The SMILES string of the molecule is O=C(O)CC(c1ccc2c(c1)OCCO2)c1cccs1. The van der Waals surface area contributed by atoms with Gasteiger partial charge < -0.3 is 14.6 Å². The minimum Gasteiger partial charge on any atom is -0.486 e. The molecule has 20 heavy (non-hydrogen) atoms. The quantitative estimate of drug-likeness (QED) is 0.940. The molecule has 2 heterocycles. The highest BCUT2D eigenvalue weighted by molar-refractivity contribution is 7.10. The van der Waals surface area contributed by atoms with Crippen molar-refractivity contribution in [1.82, 2.24) is 0 Å². The number of benzene rings is 1. The van der Waals surface area contributed by atoms with Crippen molar-refractivity contribution in [2.45, 2.75) is 12.3 Å². The van der Waals surface area contributed by atoms with E-state index in [0.717, 1.165) is 16.2 Å². The van der Waals surface area contributed by atoms with E-state index < -0.39 is 5.97 Å². The summed E-state index contributed by atoms with van der Waals surface area (Å²) in [6.45, 7) is 1.08. The lowest BCUT2D eigenvalue weighted by Gasteiger charge is -2.21. The second-order valence-electron chi connectivity index (χ2n) is 4.57. The maximum Gasteiger partial charge on any atom is 0.304 e. The molecular formula is C15H14O4S. The van der Waals surface area contributed by atoms with Crippen LogP contribution in [0.25, 0.3) is 0 Å². The Morgan fingerprint density at radius 3 is 2.75 bits per heavy atom. The monoisotopic (exact) mass is 290 g/mol. The molecule has 0 spiro atoms. The number of fused-ring (bicyclic) bond motifs is 1. The van der Waals surface area contributed by atoms with Crippen LogP contribution < -0.4 is 9.47 Å². The fraction of sp³-hybridized carbons (Fsp3) is 0.267. The highest BCUT2D eigenvalue weighted by Gasteiger charge is 2.21. The zero-order valence-corrected chi connectivity index (χ0v) is 11.6. The molecular weight excluding hydrogens is 276 g/mol. The molecule has 1 aromatic carbocycles. The van der Waals surface area contributed by atoms with Crippen molar-refractivity contribution in [3.8, 4) is 11.5 Å².